The molecule has 1 aromatic rings. The van der Waals surface area contributed by atoms with Gasteiger partial charge in [0.2, 0.25) is 10.0 Å². The number of thiophene rings is 1. The summed E-state index contributed by atoms with van der Waals surface area (Å²) in [4.78, 5) is 1.04. The lowest BCUT2D eigenvalue weighted by atomic mass is 10.0. The fourth-order valence-corrected chi connectivity index (χ4v) is 5.32. The summed E-state index contributed by atoms with van der Waals surface area (Å²) >= 11 is 1.34. The molecule has 1 saturated carbocycles. The van der Waals surface area contributed by atoms with Crippen molar-refractivity contribution in [2.45, 2.75) is 49.4 Å². The van der Waals surface area contributed by atoms with E-state index in [1.165, 1.54) is 24.2 Å². The van der Waals surface area contributed by atoms with Gasteiger partial charge in [0.25, 0.3) is 0 Å². The molecule has 1 heterocycles. The highest BCUT2D eigenvalue weighted by molar-refractivity contribution is 7.91. The molecule has 0 aromatic carbocycles. The van der Waals surface area contributed by atoms with Gasteiger partial charge in [0.05, 0.1) is 0 Å². The second-order valence-corrected chi connectivity index (χ2v) is 8.31. The van der Waals surface area contributed by atoms with Crippen LogP contribution < -0.4 is 10.0 Å². The zero-order valence-electron chi connectivity index (χ0n) is 11.5. The molecule has 19 heavy (non-hydrogen) atoms. The van der Waals surface area contributed by atoms with E-state index >= 15 is 0 Å². The Kier molecular flexibility index (Phi) is 5.00. The molecule has 0 aliphatic heterocycles. The predicted octanol–water partition coefficient (Wildman–Crippen LogP) is 2.32. The molecule has 4 nitrogen and oxygen atoms in total. The minimum Gasteiger partial charge on any atom is -0.315 e. The number of rotatable bonds is 6. The van der Waals surface area contributed by atoms with Gasteiger partial charge in [-0.3, -0.25) is 0 Å². The number of hydrogen-bond acceptors (Lipinski definition) is 4. The van der Waals surface area contributed by atoms with Gasteiger partial charge in [-0.2, -0.15) is 0 Å². The third-order valence-electron chi connectivity index (χ3n) is 3.70. The molecule has 1 fully saturated rings. The van der Waals surface area contributed by atoms with E-state index in [1.807, 2.05) is 20.0 Å². The van der Waals surface area contributed by atoms with Gasteiger partial charge >= 0.3 is 0 Å². The van der Waals surface area contributed by atoms with E-state index in [-0.39, 0.29) is 6.04 Å². The first-order valence-electron chi connectivity index (χ1n) is 6.78. The zero-order chi connectivity index (χ0) is 13.9. The summed E-state index contributed by atoms with van der Waals surface area (Å²) in [5.41, 5.74) is 0. The van der Waals surface area contributed by atoms with Crippen LogP contribution in [-0.4, -0.2) is 21.5 Å². The van der Waals surface area contributed by atoms with Gasteiger partial charge in [0.1, 0.15) is 4.21 Å². The molecular weight excluding hydrogens is 280 g/mol. The van der Waals surface area contributed by atoms with Crippen molar-refractivity contribution < 1.29 is 8.42 Å². The molecule has 0 saturated heterocycles. The summed E-state index contributed by atoms with van der Waals surface area (Å²) in [6.45, 7) is 2.69. The first kappa shape index (κ1) is 15.0. The minimum absolute atomic E-state index is 0.0300. The van der Waals surface area contributed by atoms with E-state index in [0.717, 1.165) is 17.7 Å². The van der Waals surface area contributed by atoms with Crippen molar-refractivity contribution in [3.63, 3.8) is 0 Å². The zero-order valence-corrected chi connectivity index (χ0v) is 13.1. The van der Waals surface area contributed by atoms with Gasteiger partial charge < -0.3 is 5.32 Å². The van der Waals surface area contributed by atoms with E-state index in [2.05, 4.69) is 10.0 Å². The summed E-state index contributed by atoms with van der Waals surface area (Å²) in [6.07, 6.45) is 4.72. The Morgan fingerprint density at radius 3 is 2.68 bits per heavy atom. The van der Waals surface area contributed by atoms with Crippen LogP contribution in [0.25, 0.3) is 0 Å². The first-order chi connectivity index (χ1) is 9.03. The van der Waals surface area contributed by atoms with E-state index in [4.69, 9.17) is 0 Å². The van der Waals surface area contributed by atoms with Crippen LogP contribution >= 0.6 is 11.3 Å². The maximum atomic E-state index is 12.3. The Labute approximate surface area is 119 Å². The molecule has 6 heteroatoms. The van der Waals surface area contributed by atoms with E-state index in [1.54, 1.807) is 6.07 Å². The third kappa shape index (κ3) is 3.78. The van der Waals surface area contributed by atoms with Crippen LogP contribution in [0, 0.1) is 5.92 Å². The second kappa shape index (κ2) is 6.35. The van der Waals surface area contributed by atoms with E-state index < -0.39 is 10.0 Å². The number of nitrogens with one attached hydrogen (secondary N) is 2. The van der Waals surface area contributed by atoms with Gasteiger partial charge in [0.15, 0.2) is 0 Å². The standard InChI is InChI=1S/C13H22N2O2S2/c1-10(11-5-3-4-6-11)15-19(16,17)13-8-7-12(18-13)9-14-2/h7-8,10-11,14-15H,3-6,9H2,1-2H3. The normalized spacial score (nSPS) is 18.8. The molecule has 0 spiro atoms. The molecule has 108 valence electrons. The molecule has 1 aliphatic carbocycles. The maximum absolute atomic E-state index is 12.3. The topological polar surface area (TPSA) is 58.2 Å². The highest BCUT2D eigenvalue weighted by Crippen LogP contribution is 2.29. The van der Waals surface area contributed by atoms with Crippen molar-refractivity contribution in [1.82, 2.24) is 10.0 Å². The predicted molar refractivity (Wildman–Crippen MR) is 78.8 cm³/mol. The van der Waals surface area contributed by atoms with Crippen LogP contribution in [-0.2, 0) is 16.6 Å². The van der Waals surface area contributed by atoms with Crippen molar-refractivity contribution in [2.75, 3.05) is 7.05 Å². The summed E-state index contributed by atoms with van der Waals surface area (Å²) < 4.78 is 27.8. The SMILES string of the molecule is CNCc1ccc(S(=O)(=O)NC(C)C2CCCC2)s1. The van der Waals surface area contributed by atoms with Gasteiger partial charge in [-0.1, -0.05) is 12.8 Å². The van der Waals surface area contributed by atoms with Crippen LogP contribution in [0.1, 0.15) is 37.5 Å². The van der Waals surface area contributed by atoms with Crippen LogP contribution in [0.5, 0.6) is 0 Å². The van der Waals surface area contributed by atoms with Gasteiger partial charge in [-0.25, -0.2) is 13.1 Å². The van der Waals surface area contributed by atoms with Gasteiger partial charge in [-0.15, -0.1) is 11.3 Å². The monoisotopic (exact) mass is 302 g/mol. The highest BCUT2D eigenvalue weighted by atomic mass is 32.2. The van der Waals surface area contributed by atoms with Gasteiger partial charge in [-0.05, 0) is 44.9 Å². The van der Waals surface area contributed by atoms with E-state index in [9.17, 15) is 8.42 Å². The van der Waals surface area contributed by atoms with Crippen molar-refractivity contribution in [3.05, 3.63) is 17.0 Å². The fraction of sp³-hybridized carbons (Fsp3) is 0.692. The molecule has 1 unspecified atom stereocenters. The molecule has 1 atom stereocenters. The maximum Gasteiger partial charge on any atom is 0.250 e. The number of sulfonamides is 1. The quantitative estimate of drug-likeness (QED) is 0.848. The Bertz CT molecular complexity index is 504. The van der Waals surface area contributed by atoms with Crippen molar-refractivity contribution in [1.29, 1.82) is 0 Å². The average molecular weight is 302 g/mol. The smallest absolute Gasteiger partial charge is 0.250 e. The molecule has 0 amide bonds. The van der Waals surface area contributed by atoms with E-state index in [0.29, 0.717) is 16.7 Å². The number of hydrogen-bond donors (Lipinski definition) is 2. The molecule has 2 N–H and O–H groups in total. The van der Waals surface area contributed by atoms with Crippen LogP contribution in [0.15, 0.2) is 16.3 Å². The summed E-state index contributed by atoms with van der Waals surface area (Å²) in [5.74, 6) is 0.492. The Balaban J connectivity index is 2.03. The third-order valence-corrected chi connectivity index (χ3v) is 6.84. The summed E-state index contributed by atoms with van der Waals surface area (Å²) in [6, 6.07) is 3.60. The average Bonchev–Trinajstić information content (AvgIpc) is 2.99. The molecule has 0 radical (unpaired) electrons. The van der Waals surface area contributed by atoms with Gasteiger partial charge in [0, 0.05) is 17.5 Å². The molecule has 0 bridgehead atoms. The van der Waals surface area contributed by atoms with Crippen LogP contribution in [0.4, 0.5) is 0 Å². The highest BCUT2D eigenvalue weighted by Gasteiger charge is 2.26. The molecule has 1 aliphatic rings. The first-order valence-corrected chi connectivity index (χ1v) is 9.08. The lowest BCUT2D eigenvalue weighted by Crippen LogP contribution is -2.36. The Hall–Kier alpha value is -0.430. The van der Waals surface area contributed by atoms with Crippen molar-refractivity contribution in [2.24, 2.45) is 5.92 Å². The van der Waals surface area contributed by atoms with Crippen molar-refractivity contribution >= 4 is 21.4 Å². The molecular formula is C13H22N2O2S2. The molecule has 1 aromatic heterocycles. The lowest BCUT2D eigenvalue weighted by molar-refractivity contribution is 0.424. The largest absolute Gasteiger partial charge is 0.315 e. The summed E-state index contributed by atoms with van der Waals surface area (Å²) in [7, 11) is -1.50. The van der Waals surface area contributed by atoms with Crippen LogP contribution in [0.3, 0.4) is 0 Å². The minimum atomic E-state index is -3.35. The van der Waals surface area contributed by atoms with Crippen molar-refractivity contribution in [3.8, 4) is 0 Å². The molecule has 2 rings (SSSR count). The summed E-state index contributed by atoms with van der Waals surface area (Å²) in [5, 5.41) is 3.03. The Morgan fingerprint density at radius 2 is 2.05 bits per heavy atom. The Morgan fingerprint density at radius 1 is 1.37 bits per heavy atom. The lowest BCUT2D eigenvalue weighted by Gasteiger charge is -2.19. The second-order valence-electron chi connectivity index (χ2n) is 5.21. The van der Waals surface area contributed by atoms with Crippen LogP contribution in [0.2, 0.25) is 0 Å². The fourth-order valence-electron chi connectivity index (χ4n) is 2.63.